The van der Waals surface area contributed by atoms with Gasteiger partial charge in [-0.2, -0.15) is 0 Å². The van der Waals surface area contributed by atoms with Gasteiger partial charge in [0.05, 0.1) is 6.54 Å². The number of hydrogen-bond donors (Lipinski definition) is 2. The van der Waals surface area contributed by atoms with E-state index in [1.807, 2.05) is 13.8 Å². The predicted octanol–water partition coefficient (Wildman–Crippen LogP) is 2.58. The van der Waals surface area contributed by atoms with Crippen LogP contribution in [-0.4, -0.2) is 50.7 Å². The van der Waals surface area contributed by atoms with E-state index in [4.69, 9.17) is 4.74 Å². The van der Waals surface area contributed by atoms with Gasteiger partial charge in [0.25, 0.3) is 5.91 Å². The maximum Gasteiger partial charge on any atom is 0.412 e. The molecule has 0 spiro atoms. The van der Waals surface area contributed by atoms with E-state index < -0.39 is 12.2 Å². The summed E-state index contributed by atoms with van der Waals surface area (Å²) < 4.78 is 6.28. The molecule has 1 atom stereocenters. The molecule has 2 rings (SSSR count). The van der Waals surface area contributed by atoms with E-state index in [0.29, 0.717) is 17.9 Å². The molecule has 1 unspecified atom stereocenters. The Morgan fingerprint density at radius 3 is 2.58 bits per heavy atom. The highest BCUT2D eigenvalue weighted by atomic mass is 79.9. The topological polar surface area (TPSA) is 113 Å². The van der Waals surface area contributed by atoms with Crippen LogP contribution in [0.4, 0.5) is 10.5 Å². The average molecular weight is 425 g/mol. The number of nitrogens with zero attached hydrogens (tertiary/aromatic N) is 4. The Labute approximate surface area is 159 Å². The zero-order valence-corrected chi connectivity index (χ0v) is 16.4. The summed E-state index contributed by atoms with van der Waals surface area (Å²) in [6, 6.07) is 7.05. The van der Waals surface area contributed by atoms with E-state index in [-0.39, 0.29) is 18.4 Å². The molecule has 2 amide bonds. The Hall–Kier alpha value is -2.49. The number of anilines is 1. The van der Waals surface area contributed by atoms with Gasteiger partial charge < -0.3 is 9.64 Å². The van der Waals surface area contributed by atoms with Crippen LogP contribution < -0.4 is 5.32 Å². The second-order valence-electron chi connectivity index (χ2n) is 6.20. The quantitative estimate of drug-likeness (QED) is 0.705. The predicted molar refractivity (Wildman–Crippen MR) is 98.1 cm³/mol. The molecule has 1 aromatic heterocycles. The van der Waals surface area contributed by atoms with E-state index in [9.17, 15) is 9.59 Å². The number of likely N-dealkylation sites (N-methyl/N-ethyl adjacent to an activating group) is 1. The molecule has 0 saturated heterocycles. The highest BCUT2D eigenvalue weighted by Gasteiger charge is 2.27. The summed E-state index contributed by atoms with van der Waals surface area (Å²) in [4.78, 5) is 26.3. The summed E-state index contributed by atoms with van der Waals surface area (Å²) in [7, 11) is 1.61. The summed E-state index contributed by atoms with van der Waals surface area (Å²) in [5.74, 6) is 0.300. The zero-order chi connectivity index (χ0) is 19.1. The third-order valence-corrected chi connectivity index (χ3v) is 3.98. The normalized spacial score (nSPS) is 11.9. The number of carbonyl (C=O) groups excluding carboxylic acids is 2. The number of rotatable bonds is 7. The van der Waals surface area contributed by atoms with Gasteiger partial charge in [-0.25, -0.2) is 9.89 Å². The Morgan fingerprint density at radius 2 is 2.00 bits per heavy atom. The van der Waals surface area contributed by atoms with Crippen molar-refractivity contribution in [1.29, 1.82) is 0 Å². The first-order valence-corrected chi connectivity index (χ1v) is 8.85. The molecule has 2 aromatic rings. The molecule has 0 fully saturated rings. The van der Waals surface area contributed by atoms with E-state index in [2.05, 4.69) is 41.9 Å². The summed E-state index contributed by atoms with van der Waals surface area (Å²) >= 11 is 3.33. The van der Waals surface area contributed by atoms with Crippen molar-refractivity contribution in [3.63, 3.8) is 0 Å². The van der Waals surface area contributed by atoms with Crippen molar-refractivity contribution in [3.8, 4) is 0 Å². The average Bonchev–Trinajstić information content (AvgIpc) is 3.08. The van der Waals surface area contributed by atoms with Gasteiger partial charge in [-0.15, -0.1) is 5.10 Å². The molecule has 0 aliphatic rings. The maximum atomic E-state index is 12.7. The molecule has 0 radical (unpaired) electrons. The lowest BCUT2D eigenvalue weighted by atomic mass is 10.1. The highest BCUT2D eigenvalue weighted by molar-refractivity contribution is 9.10. The van der Waals surface area contributed by atoms with E-state index in [0.717, 1.165) is 4.47 Å². The van der Waals surface area contributed by atoms with Crippen molar-refractivity contribution in [3.05, 3.63) is 34.6 Å². The molecule has 26 heavy (non-hydrogen) atoms. The number of ether oxygens (including phenoxy) is 1. The minimum absolute atomic E-state index is 0.171. The number of hydrogen-bond acceptors (Lipinski definition) is 6. The summed E-state index contributed by atoms with van der Waals surface area (Å²) in [6.07, 6.45) is -1.17. The number of amides is 2. The van der Waals surface area contributed by atoms with Crippen molar-refractivity contribution < 1.29 is 14.3 Å². The van der Waals surface area contributed by atoms with Crippen LogP contribution in [0, 0.1) is 5.92 Å². The number of aromatic nitrogens is 4. The van der Waals surface area contributed by atoms with Crippen molar-refractivity contribution >= 4 is 33.6 Å². The highest BCUT2D eigenvalue weighted by Crippen LogP contribution is 2.16. The largest absolute Gasteiger partial charge is 0.436 e. The van der Waals surface area contributed by atoms with Gasteiger partial charge >= 0.3 is 6.09 Å². The van der Waals surface area contributed by atoms with Crippen molar-refractivity contribution in [2.24, 2.45) is 5.92 Å². The first kappa shape index (κ1) is 19.8. The number of aromatic amines is 1. The van der Waals surface area contributed by atoms with Crippen molar-refractivity contribution in [2.75, 3.05) is 12.4 Å². The van der Waals surface area contributed by atoms with Crippen LogP contribution in [0.15, 0.2) is 28.7 Å². The molecule has 0 aliphatic heterocycles. The fourth-order valence-corrected chi connectivity index (χ4v) is 2.50. The number of nitrogens with one attached hydrogen (secondary N) is 2. The van der Waals surface area contributed by atoms with E-state index >= 15 is 0 Å². The number of H-pyrrole nitrogens is 1. The van der Waals surface area contributed by atoms with E-state index in [1.54, 1.807) is 31.3 Å². The number of benzene rings is 1. The van der Waals surface area contributed by atoms with Gasteiger partial charge in [0.15, 0.2) is 11.9 Å². The van der Waals surface area contributed by atoms with Crippen LogP contribution in [0.3, 0.4) is 0 Å². The second-order valence-corrected chi connectivity index (χ2v) is 7.11. The lowest BCUT2D eigenvalue weighted by molar-refractivity contribution is -0.140. The number of tetrazole rings is 1. The minimum Gasteiger partial charge on any atom is -0.436 e. The van der Waals surface area contributed by atoms with Crippen LogP contribution in [0.25, 0.3) is 0 Å². The monoisotopic (exact) mass is 424 g/mol. The molecule has 2 N–H and O–H groups in total. The molecule has 0 bridgehead atoms. The molecule has 1 aromatic carbocycles. The molecular formula is C16H21BrN6O3. The minimum atomic E-state index is -0.897. The van der Waals surface area contributed by atoms with Crippen LogP contribution in [0.2, 0.25) is 0 Å². The van der Waals surface area contributed by atoms with Crippen molar-refractivity contribution in [1.82, 2.24) is 25.5 Å². The van der Waals surface area contributed by atoms with Gasteiger partial charge in [0, 0.05) is 17.2 Å². The first-order chi connectivity index (χ1) is 12.3. The van der Waals surface area contributed by atoms with Gasteiger partial charge in [-0.05, 0) is 47.0 Å². The third kappa shape index (κ3) is 6.10. The molecule has 0 aliphatic carbocycles. The Balaban J connectivity index is 1.99. The fourth-order valence-electron chi connectivity index (χ4n) is 2.23. The van der Waals surface area contributed by atoms with Crippen LogP contribution in [0.1, 0.15) is 26.1 Å². The smallest absolute Gasteiger partial charge is 0.412 e. The summed E-state index contributed by atoms with van der Waals surface area (Å²) in [6.45, 7) is 4.10. The summed E-state index contributed by atoms with van der Waals surface area (Å²) in [5, 5.41) is 15.9. The lowest BCUT2D eigenvalue weighted by Crippen LogP contribution is -2.40. The maximum absolute atomic E-state index is 12.7. The first-order valence-electron chi connectivity index (χ1n) is 8.06. The van der Waals surface area contributed by atoms with Gasteiger partial charge in [0.2, 0.25) is 0 Å². The molecule has 9 nitrogen and oxygen atoms in total. The van der Waals surface area contributed by atoms with Crippen LogP contribution in [-0.2, 0) is 16.1 Å². The fraction of sp³-hybridized carbons (Fsp3) is 0.438. The molecule has 10 heteroatoms. The van der Waals surface area contributed by atoms with Crippen LogP contribution in [0.5, 0.6) is 0 Å². The van der Waals surface area contributed by atoms with Crippen LogP contribution >= 0.6 is 15.9 Å². The summed E-state index contributed by atoms with van der Waals surface area (Å²) in [5.41, 5.74) is 0.579. The lowest BCUT2D eigenvalue weighted by Gasteiger charge is -2.24. The van der Waals surface area contributed by atoms with Gasteiger partial charge in [-0.3, -0.25) is 10.1 Å². The Kier molecular flexibility index (Phi) is 7.07. The zero-order valence-electron chi connectivity index (χ0n) is 14.8. The number of carbonyl (C=O) groups is 2. The van der Waals surface area contributed by atoms with E-state index in [1.165, 1.54) is 4.90 Å². The molecule has 1 heterocycles. The standard InChI is InChI=1S/C16H21BrN6O3/c1-10(2)8-13(15(24)23(3)9-14-19-21-22-20-14)26-16(25)18-12-6-4-11(17)5-7-12/h4-7,10,13H,8-9H2,1-3H3,(H,18,25)(H,19,20,21,22). The van der Waals surface area contributed by atoms with Gasteiger partial charge in [-0.1, -0.05) is 29.8 Å². The molecule has 0 saturated carbocycles. The Morgan fingerprint density at radius 1 is 1.31 bits per heavy atom. The second kappa shape index (κ2) is 9.27. The SMILES string of the molecule is CC(C)CC(OC(=O)Nc1ccc(Br)cc1)C(=O)N(C)Cc1nnn[nH]1. The molecular weight excluding hydrogens is 404 g/mol. The third-order valence-electron chi connectivity index (χ3n) is 3.45. The van der Waals surface area contributed by atoms with Crippen molar-refractivity contribution in [2.45, 2.75) is 32.9 Å². The Bertz CT molecular complexity index is 720. The van der Waals surface area contributed by atoms with Gasteiger partial charge in [0.1, 0.15) is 0 Å². The molecule has 140 valence electrons. The number of halogens is 1.